The van der Waals surface area contributed by atoms with E-state index in [2.05, 4.69) is 21.2 Å². The first kappa shape index (κ1) is 16.8. The predicted octanol–water partition coefficient (Wildman–Crippen LogP) is 3.10. The normalized spacial score (nSPS) is 15.2. The van der Waals surface area contributed by atoms with Crippen LogP contribution in [0.2, 0.25) is 0 Å². The number of aldehydes is 1. The van der Waals surface area contributed by atoms with Gasteiger partial charge in [-0.15, -0.1) is 0 Å². The van der Waals surface area contributed by atoms with Crippen LogP contribution in [0, 0.1) is 0 Å². The molecule has 0 bridgehead atoms. The summed E-state index contributed by atoms with van der Waals surface area (Å²) >= 11 is 3.33. The molecule has 1 aliphatic rings. The molecule has 1 aliphatic carbocycles. The Morgan fingerprint density at radius 2 is 2.09 bits per heavy atom. The minimum absolute atomic E-state index is 0.0775. The quantitative estimate of drug-likeness (QED) is 0.782. The summed E-state index contributed by atoms with van der Waals surface area (Å²) in [6.45, 7) is -0.0775. The molecule has 1 fully saturated rings. The van der Waals surface area contributed by atoms with Crippen molar-refractivity contribution in [2.45, 2.75) is 38.1 Å². The van der Waals surface area contributed by atoms with Crippen molar-refractivity contribution in [3.8, 4) is 11.5 Å². The highest BCUT2D eigenvalue weighted by atomic mass is 79.9. The van der Waals surface area contributed by atoms with Gasteiger partial charge in [-0.25, -0.2) is 0 Å². The zero-order valence-electron chi connectivity index (χ0n) is 12.6. The van der Waals surface area contributed by atoms with Crippen LogP contribution in [0.1, 0.15) is 42.5 Å². The van der Waals surface area contributed by atoms with Crippen molar-refractivity contribution in [2.24, 2.45) is 0 Å². The number of amides is 1. The van der Waals surface area contributed by atoms with E-state index in [1.165, 1.54) is 26.4 Å². The molecule has 0 saturated heterocycles. The molecule has 1 saturated carbocycles. The lowest BCUT2D eigenvalue weighted by Gasteiger charge is -2.23. The van der Waals surface area contributed by atoms with Gasteiger partial charge in [0.2, 0.25) is 0 Å². The van der Waals surface area contributed by atoms with Crippen LogP contribution in [-0.2, 0) is 4.79 Å². The van der Waals surface area contributed by atoms with Crippen LogP contribution in [0.4, 0.5) is 0 Å². The van der Waals surface area contributed by atoms with Gasteiger partial charge in [-0.1, -0.05) is 19.3 Å². The maximum atomic E-state index is 12.0. The highest BCUT2D eigenvalue weighted by Crippen LogP contribution is 2.36. The second-order valence-electron chi connectivity index (χ2n) is 5.34. The van der Waals surface area contributed by atoms with Crippen molar-refractivity contribution in [2.75, 3.05) is 13.7 Å². The highest BCUT2D eigenvalue weighted by molar-refractivity contribution is 9.10. The maximum absolute atomic E-state index is 12.0. The lowest BCUT2D eigenvalue weighted by molar-refractivity contribution is -0.124. The minimum Gasteiger partial charge on any atom is -0.493 e. The Morgan fingerprint density at radius 3 is 2.73 bits per heavy atom. The topological polar surface area (TPSA) is 64.6 Å². The van der Waals surface area contributed by atoms with Crippen molar-refractivity contribution in [3.05, 3.63) is 22.2 Å². The van der Waals surface area contributed by atoms with E-state index in [9.17, 15) is 9.59 Å². The zero-order valence-corrected chi connectivity index (χ0v) is 14.1. The van der Waals surface area contributed by atoms with E-state index in [0.29, 0.717) is 21.5 Å². The summed E-state index contributed by atoms with van der Waals surface area (Å²) in [7, 11) is 1.49. The Kier molecular flexibility index (Phi) is 6.24. The maximum Gasteiger partial charge on any atom is 0.258 e. The molecule has 0 heterocycles. The number of hydrogen-bond donors (Lipinski definition) is 1. The number of ether oxygens (including phenoxy) is 2. The Hall–Kier alpha value is -1.56. The van der Waals surface area contributed by atoms with Gasteiger partial charge in [-0.05, 0) is 40.9 Å². The second-order valence-corrected chi connectivity index (χ2v) is 6.20. The summed E-state index contributed by atoms with van der Waals surface area (Å²) in [4.78, 5) is 22.8. The van der Waals surface area contributed by atoms with E-state index in [1.54, 1.807) is 12.1 Å². The number of halogens is 1. The second kappa shape index (κ2) is 8.17. The fraction of sp³-hybridized carbons (Fsp3) is 0.500. The summed E-state index contributed by atoms with van der Waals surface area (Å²) in [6, 6.07) is 3.46. The third-order valence-electron chi connectivity index (χ3n) is 3.71. The van der Waals surface area contributed by atoms with Crippen molar-refractivity contribution >= 4 is 28.1 Å². The molecule has 2 rings (SSSR count). The number of benzene rings is 1. The van der Waals surface area contributed by atoms with E-state index in [-0.39, 0.29) is 18.6 Å². The molecule has 0 atom stereocenters. The molecular weight excluding hydrogens is 350 g/mol. The van der Waals surface area contributed by atoms with Crippen LogP contribution in [-0.4, -0.2) is 32.0 Å². The standard InChI is InChI=1S/C16H20BrNO4/c1-21-14-8-11(9-19)7-13(17)16(14)22-10-15(20)18-12-5-3-2-4-6-12/h7-9,12H,2-6,10H2,1H3,(H,18,20). The van der Waals surface area contributed by atoms with Crippen molar-refractivity contribution < 1.29 is 19.1 Å². The molecule has 0 unspecified atom stereocenters. The smallest absolute Gasteiger partial charge is 0.258 e. The van der Waals surface area contributed by atoms with Gasteiger partial charge in [0.1, 0.15) is 6.29 Å². The molecule has 5 nitrogen and oxygen atoms in total. The molecule has 1 aromatic rings. The molecule has 1 N–H and O–H groups in total. The van der Waals surface area contributed by atoms with Crippen LogP contribution in [0.25, 0.3) is 0 Å². The summed E-state index contributed by atoms with van der Waals surface area (Å²) in [6.07, 6.45) is 6.37. The van der Waals surface area contributed by atoms with Gasteiger partial charge in [0.25, 0.3) is 5.91 Å². The van der Waals surface area contributed by atoms with Gasteiger partial charge in [0, 0.05) is 11.6 Å². The van der Waals surface area contributed by atoms with Crippen molar-refractivity contribution in [3.63, 3.8) is 0 Å². The first-order valence-corrected chi connectivity index (χ1v) is 8.18. The van der Waals surface area contributed by atoms with Gasteiger partial charge in [0.05, 0.1) is 11.6 Å². The summed E-state index contributed by atoms with van der Waals surface area (Å²) < 4.78 is 11.3. The largest absolute Gasteiger partial charge is 0.493 e. The minimum atomic E-state index is -0.139. The predicted molar refractivity (Wildman–Crippen MR) is 86.6 cm³/mol. The zero-order chi connectivity index (χ0) is 15.9. The van der Waals surface area contributed by atoms with Crippen molar-refractivity contribution in [1.82, 2.24) is 5.32 Å². The van der Waals surface area contributed by atoms with Gasteiger partial charge >= 0.3 is 0 Å². The lowest BCUT2D eigenvalue weighted by Crippen LogP contribution is -2.39. The SMILES string of the molecule is COc1cc(C=O)cc(Br)c1OCC(=O)NC1CCCCC1. The molecule has 22 heavy (non-hydrogen) atoms. The molecular formula is C16H20BrNO4. The molecule has 1 amide bonds. The van der Waals surface area contributed by atoms with E-state index in [1.807, 2.05) is 0 Å². The number of nitrogens with one attached hydrogen (secondary N) is 1. The monoisotopic (exact) mass is 369 g/mol. The molecule has 0 aromatic heterocycles. The van der Waals surface area contributed by atoms with Crippen LogP contribution in [0.5, 0.6) is 11.5 Å². The molecule has 120 valence electrons. The first-order valence-electron chi connectivity index (χ1n) is 7.39. The number of rotatable bonds is 6. The van der Waals surface area contributed by atoms with E-state index in [4.69, 9.17) is 9.47 Å². The molecule has 1 aromatic carbocycles. The average Bonchev–Trinajstić information content (AvgIpc) is 2.53. The fourth-order valence-electron chi connectivity index (χ4n) is 2.60. The lowest BCUT2D eigenvalue weighted by atomic mass is 9.95. The first-order chi connectivity index (χ1) is 10.6. The van der Waals surface area contributed by atoms with Crippen LogP contribution in [0.15, 0.2) is 16.6 Å². The Morgan fingerprint density at radius 1 is 1.36 bits per heavy atom. The van der Waals surface area contributed by atoms with E-state index < -0.39 is 0 Å². The van der Waals surface area contributed by atoms with Gasteiger partial charge in [0.15, 0.2) is 18.1 Å². The van der Waals surface area contributed by atoms with Gasteiger partial charge < -0.3 is 14.8 Å². The number of carbonyl (C=O) groups excluding carboxylic acids is 2. The van der Waals surface area contributed by atoms with Gasteiger partial charge in [-0.3, -0.25) is 9.59 Å². The summed E-state index contributed by atoms with van der Waals surface area (Å²) in [5, 5.41) is 2.99. The number of methoxy groups -OCH3 is 1. The summed E-state index contributed by atoms with van der Waals surface area (Å²) in [5.74, 6) is 0.703. The van der Waals surface area contributed by atoms with E-state index in [0.717, 1.165) is 19.1 Å². The van der Waals surface area contributed by atoms with Crippen LogP contribution >= 0.6 is 15.9 Å². The molecule has 0 aliphatic heterocycles. The molecule has 6 heteroatoms. The Balaban J connectivity index is 1.95. The average molecular weight is 370 g/mol. The molecule has 0 spiro atoms. The Bertz CT molecular complexity index is 541. The van der Waals surface area contributed by atoms with Gasteiger partial charge in [-0.2, -0.15) is 0 Å². The Labute approximate surface area is 138 Å². The third-order valence-corrected chi connectivity index (χ3v) is 4.29. The van der Waals surface area contributed by atoms with Crippen LogP contribution in [0.3, 0.4) is 0 Å². The number of hydrogen-bond acceptors (Lipinski definition) is 4. The molecule has 0 radical (unpaired) electrons. The highest BCUT2D eigenvalue weighted by Gasteiger charge is 2.17. The number of carbonyl (C=O) groups is 2. The van der Waals surface area contributed by atoms with E-state index >= 15 is 0 Å². The van der Waals surface area contributed by atoms with Crippen LogP contribution < -0.4 is 14.8 Å². The summed E-state index contributed by atoms with van der Waals surface area (Å²) in [5.41, 5.74) is 0.475. The third kappa shape index (κ3) is 4.47. The fourth-order valence-corrected chi connectivity index (χ4v) is 3.18. The van der Waals surface area contributed by atoms with Crippen molar-refractivity contribution in [1.29, 1.82) is 0 Å².